The number of carbonyl (C=O) groups excluding carboxylic acids is 1. The first-order valence-corrected chi connectivity index (χ1v) is 9.33. The first kappa shape index (κ1) is 20.2. The Kier molecular flexibility index (Phi) is 5.36. The molecular formula is C15H14F3NO5S2. The summed E-state index contributed by atoms with van der Waals surface area (Å²) in [4.78, 5) is 11.3. The Morgan fingerprint density at radius 2 is 1.85 bits per heavy atom. The number of aliphatic hydroxyl groups is 1. The number of benzene rings is 1. The summed E-state index contributed by atoms with van der Waals surface area (Å²) in [6, 6.07) is 6.52. The Hall–Kier alpha value is -2.11. The third kappa shape index (κ3) is 4.96. The van der Waals surface area contributed by atoms with Crippen molar-refractivity contribution < 1.29 is 36.2 Å². The van der Waals surface area contributed by atoms with Crippen molar-refractivity contribution in [3.05, 3.63) is 36.4 Å². The molecule has 2 N–H and O–H groups in total. The predicted octanol–water partition coefficient (Wildman–Crippen LogP) is 3.19. The summed E-state index contributed by atoms with van der Waals surface area (Å²) in [7, 11) is -4.11. The molecule has 0 radical (unpaired) electrons. The normalized spacial score (nSPS) is 12.7. The number of rotatable bonds is 5. The van der Waals surface area contributed by atoms with Gasteiger partial charge in [-0.3, -0.25) is 4.79 Å². The molecule has 6 nitrogen and oxygen atoms in total. The Balaban J connectivity index is 2.29. The second-order valence-electron chi connectivity index (χ2n) is 5.66. The summed E-state index contributed by atoms with van der Waals surface area (Å²) < 4.78 is 65.5. The molecule has 1 amide bonds. The van der Waals surface area contributed by atoms with Gasteiger partial charge in [0.25, 0.3) is 5.91 Å². The lowest BCUT2D eigenvalue weighted by Gasteiger charge is -2.15. The van der Waals surface area contributed by atoms with Crippen molar-refractivity contribution in [3.8, 4) is 5.75 Å². The number of hydrogen-bond acceptors (Lipinski definition) is 6. The van der Waals surface area contributed by atoms with Crippen LogP contribution in [0.2, 0.25) is 0 Å². The fourth-order valence-electron chi connectivity index (χ4n) is 1.75. The highest BCUT2D eigenvalue weighted by atomic mass is 32.2. The van der Waals surface area contributed by atoms with Crippen molar-refractivity contribution in [3.63, 3.8) is 0 Å². The highest BCUT2D eigenvalue weighted by Gasteiger charge is 2.32. The van der Waals surface area contributed by atoms with Gasteiger partial charge in [-0.15, -0.1) is 24.5 Å². The van der Waals surface area contributed by atoms with Gasteiger partial charge in [0, 0.05) is 0 Å². The van der Waals surface area contributed by atoms with Gasteiger partial charge in [0.05, 0.1) is 9.90 Å². The number of nitrogens with one attached hydrogen (secondary N) is 1. The summed E-state index contributed by atoms with van der Waals surface area (Å²) >= 11 is 0.704. The molecule has 0 aliphatic rings. The molecule has 26 heavy (non-hydrogen) atoms. The third-order valence-electron chi connectivity index (χ3n) is 2.99. The zero-order chi connectivity index (χ0) is 19.8. The minimum atomic E-state index is -4.94. The maximum absolute atomic E-state index is 12.6. The number of hydrogen-bond donors (Lipinski definition) is 2. The summed E-state index contributed by atoms with van der Waals surface area (Å²) in [5.74, 6) is -1.39. The Morgan fingerprint density at radius 3 is 2.42 bits per heavy atom. The maximum Gasteiger partial charge on any atom is 0.573 e. The molecule has 0 saturated heterocycles. The van der Waals surface area contributed by atoms with E-state index in [1.165, 1.54) is 26.0 Å². The molecule has 0 atom stereocenters. The lowest BCUT2D eigenvalue weighted by Crippen LogP contribution is -2.36. The molecule has 0 aliphatic heterocycles. The monoisotopic (exact) mass is 409 g/mol. The molecule has 0 fully saturated rings. The van der Waals surface area contributed by atoms with Crippen LogP contribution in [0.5, 0.6) is 5.75 Å². The average Bonchev–Trinajstić information content (AvgIpc) is 2.94. The van der Waals surface area contributed by atoms with E-state index in [0.29, 0.717) is 11.3 Å². The van der Waals surface area contributed by atoms with E-state index < -0.39 is 33.5 Å². The third-order valence-corrected chi connectivity index (χ3v) is 6.23. The molecule has 1 aromatic heterocycles. The average molecular weight is 409 g/mol. The van der Waals surface area contributed by atoms with E-state index in [9.17, 15) is 31.5 Å². The summed E-state index contributed by atoms with van der Waals surface area (Å²) in [5.41, 5.74) is -1.66. The van der Waals surface area contributed by atoms with Crippen LogP contribution in [0.15, 0.2) is 45.5 Å². The van der Waals surface area contributed by atoms with Crippen LogP contribution < -0.4 is 10.1 Å². The van der Waals surface area contributed by atoms with Crippen molar-refractivity contribution in [2.75, 3.05) is 5.32 Å². The predicted molar refractivity (Wildman–Crippen MR) is 87.8 cm³/mol. The zero-order valence-corrected chi connectivity index (χ0v) is 15.1. The van der Waals surface area contributed by atoms with Crippen LogP contribution in [0.4, 0.5) is 18.2 Å². The molecule has 1 heterocycles. The van der Waals surface area contributed by atoms with E-state index in [0.717, 1.165) is 24.3 Å². The van der Waals surface area contributed by atoms with Crippen LogP contribution in [-0.4, -0.2) is 31.4 Å². The van der Waals surface area contributed by atoms with Gasteiger partial charge in [-0.2, -0.15) is 0 Å². The number of sulfone groups is 1. The van der Waals surface area contributed by atoms with Crippen molar-refractivity contribution in [2.45, 2.75) is 34.9 Å². The largest absolute Gasteiger partial charge is 0.573 e. The van der Waals surface area contributed by atoms with Gasteiger partial charge in [-0.05, 0) is 44.2 Å². The molecule has 2 rings (SSSR count). The quantitative estimate of drug-likeness (QED) is 0.791. The number of carbonyl (C=O) groups is 1. The van der Waals surface area contributed by atoms with Crippen LogP contribution in [-0.2, 0) is 14.6 Å². The Labute approximate surface area is 151 Å². The number of anilines is 1. The standard InChI is InChI=1S/C15H14F3NO5S2/c1-14(2,21)13(20)19-11-6-7-12(25-11)26(22,23)10-5-3-4-9(8-10)24-15(16,17)18/h3-8,21H,1-2H3,(H,19,20). The van der Waals surface area contributed by atoms with Gasteiger partial charge in [0.15, 0.2) is 0 Å². The molecule has 11 heteroatoms. The van der Waals surface area contributed by atoms with E-state index in [1.807, 2.05) is 0 Å². The first-order chi connectivity index (χ1) is 11.8. The van der Waals surface area contributed by atoms with Gasteiger partial charge in [-0.1, -0.05) is 6.07 Å². The highest BCUT2D eigenvalue weighted by Crippen LogP contribution is 2.33. The summed E-state index contributed by atoms with van der Waals surface area (Å²) in [5, 5.41) is 12.1. The van der Waals surface area contributed by atoms with E-state index in [-0.39, 0.29) is 14.1 Å². The number of ether oxygens (including phenoxy) is 1. The molecular weight excluding hydrogens is 395 g/mol. The SMILES string of the molecule is CC(C)(O)C(=O)Nc1ccc(S(=O)(=O)c2cccc(OC(F)(F)F)c2)s1. The topological polar surface area (TPSA) is 92.7 Å². The van der Waals surface area contributed by atoms with Gasteiger partial charge in [0.2, 0.25) is 9.84 Å². The lowest BCUT2D eigenvalue weighted by molar-refractivity contribution is -0.274. The van der Waals surface area contributed by atoms with Gasteiger partial charge >= 0.3 is 6.36 Å². The van der Waals surface area contributed by atoms with Crippen LogP contribution >= 0.6 is 11.3 Å². The molecule has 0 saturated carbocycles. The molecule has 0 aliphatic carbocycles. The van der Waals surface area contributed by atoms with Crippen LogP contribution in [0.1, 0.15) is 13.8 Å². The van der Waals surface area contributed by atoms with Crippen LogP contribution in [0.25, 0.3) is 0 Å². The van der Waals surface area contributed by atoms with E-state index >= 15 is 0 Å². The number of alkyl halides is 3. The molecule has 142 valence electrons. The summed E-state index contributed by atoms with van der Waals surface area (Å²) in [6.07, 6.45) is -4.94. The van der Waals surface area contributed by atoms with Crippen molar-refractivity contribution in [2.24, 2.45) is 0 Å². The fourth-order valence-corrected chi connectivity index (χ4v) is 4.39. The molecule has 1 aromatic carbocycles. The van der Waals surface area contributed by atoms with Crippen LogP contribution in [0, 0.1) is 0 Å². The minimum Gasteiger partial charge on any atom is -0.406 e. The fraction of sp³-hybridized carbons (Fsp3) is 0.267. The molecule has 0 bridgehead atoms. The molecule has 2 aromatic rings. The Bertz CT molecular complexity index is 914. The smallest absolute Gasteiger partial charge is 0.406 e. The van der Waals surface area contributed by atoms with Crippen molar-refractivity contribution in [1.29, 1.82) is 0 Å². The van der Waals surface area contributed by atoms with Crippen molar-refractivity contribution >= 4 is 32.1 Å². The number of amides is 1. The maximum atomic E-state index is 12.6. The summed E-state index contributed by atoms with van der Waals surface area (Å²) in [6.45, 7) is 2.53. The minimum absolute atomic E-state index is 0.165. The van der Waals surface area contributed by atoms with Crippen LogP contribution in [0.3, 0.4) is 0 Å². The lowest BCUT2D eigenvalue weighted by atomic mass is 10.1. The molecule has 0 spiro atoms. The number of halogens is 3. The Morgan fingerprint density at radius 1 is 1.19 bits per heavy atom. The van der Waals surface area contributed by atoms with E-state index in [4.69, 9.17) is 0 Å². The first-order valence-electron chi connectivity index (χ1n) is 7.03. The van der Waals surface area contributed by atoms with Gasteiger partial charge in [-0.25, -0.2) is 8.42 Å². The highest BCUT2D eigenvalue weighted by molar-refractivity contribution is 7.93. The number of thiophene rings is 1. The second kappa shape index (κ2) is 6.89. The van der Waals surface area contributed by atoms with Crippen molar-refractivity contribution in [1.82, 2.24) is 0 Å². The van der Waals surface area contributed by atoms with E-state index in [1.54, 1.807) is 0 Å². The molecule has 0 unspecified atom stereocenters. The second-order valence-corrected chi connectivity index (χ2v) is 8.92. The van der Waals surface area contributed by atoms with E-state index in [2.05, 4.69) is 10.1 Å². The van der Waals surface area contributed by atoms with Gasteiger partial charge < -0.3 is 15.2 Å². The van der Waals surface area contributed by atoms with Gasteiger partial charge in [0.1, 0.15) is 15.6 Å². The zero-order valence-electron chi connectivity index (χ0n) is 13.5.